The quantitative estimate of drug-likeness (QED) is 0.456. The van der Waals surface area contributed by atoms with Crippen LogP contribution in [0.1, 0.15) is 33.5 Å². The normalized spacial score (nSPS) is 13.3. The molecule has 9 heteroatoms. The van der Waals surface area contributed by atoms with Crippen LogP contribution in [0.15, 0.2) is 29.4 Å². The molecule has 0 saturated heterocycles. The molecule has 2 amide bonds. The monoisotopic (exact) mass is 346 g/mol. The van der Waals surface area contributed by atoms with E-state index in [1.54, 1.807) is 38.1 Å². The van der Waals surface area contributed by atoms with Crippen LogP contribution in [0.4, 0.5) is 0 Å². The van der Waals surface area contributed by atoms with Gasteiger partial charge in [0.15, 0.2) is 5.82 Å². The van der Waals surface area contributed by atoms with Gasteiger partial charge in [-0.3, -0.25) is 14.4 Å². The molecule has 0 aliphatic carbocycles. The molecule has 3 rings (SSSR count). The molecule has 1 aliphatic heterocycles. The molecule has 8 nitrogen and oxygen atoms in total. The summed E-state index contributed by atoms with van der Waals surface area (Å²) < 4.78 is 6.19. The Kier molecular flexibility index (Phi) is 4.34. The third-order valence-electron chi connectivity index (χ3n) is 3.37. The van der Waals surface area contributed by atoms with Crippen molar-refractivity contribution in [2.45, 2.75) is 19.0 Å². The minimum Gasteiger partial charge on any atom is -0.465 e. The number of esters is 1. The Morgan fingerprint density at radius 3 is 2.38 bits per heavy atom. The molecular weight excluding hydrogens is 332 g/mol. The maximum atomic E-state index is 12.6. The first-order valence-electron chi connectivity index (χ1n) is 7.23. The molecule has 0 N–H and O–H groups in total. The maximum absolute atomic E-state index is 12.6. The van der Waals surface area contributed by atoms with Gasteiger partial charge in [-0.25, -0.2) is 4.68 Å². The van der Waals surface area contributed by atoms with Crippen molar-refractivity contribution in [2.75, 3.05) is 17.4 Å². The molecule has 1 aromatic heterocycles. The zero-order valence-corrected chi connectivity index (χ0v) is 13.9. The highest BCUT2D eigenvalue weighted by Crippen LogP contribution is 2.25. The summed E-state index contributed by atoms with van der Waals surface area (Å²) in [5, 5.41) is 9.12. The average Bonchev–Trinajstić information content (AvgIpc) is 3.05. The lowest BCUT2D eigenvalue weighted by atomic mass is 10.1. The molecule has 0 bridgehead atoms. The second-order valence-electron chi connectivity index (χ2n) is 4.90. The second kappa shape index (κ2) is 6.44. The molecule has 2 aromatic rings. The Balaban J connectivity index is 1.91. The van der Waals surface area contributed by atoms with Gasteiger partial charge in [0.2, 0.25) is 5.16 Å². The number of carbonyl (C=O) groups excluding carboxylic acids is 3. The van der Waals surface area contributed by atoms with Gasteiger partial charge < -0.3 is 4.74 Å². The van der Waals surface area contributed by atoms with Crippen molar-refractivity contribution in [3.05, 3.63) is 41.2 Å². The van der Waals surface area contributed by atoms with Crippen LogP contribution in [0.3, 0.4) is 0 Å². The molecule has 124 valence electrons. The predicted molar refractivity (Wildman–Crippen MR) is 85.4 cm³/mol. The summed E-state index contributed by atoms with van der Waals surface area (Å²) in [6.45, 7) is 3.63. The van der Waals surface area contributed by atoms with Crippen LogP contribution < -0.4 is 5.01 Å². The highest BCUT2D eigenvalue weighted by Gasteiger charge is 2.38. The Hall–Kier alpha value is -2.68. The van der Waals surface area contributed by atoms with Crippen molar-refractivity contribution in [1.29, 1.82) is 0 Å². The third kappa shape index (κ3) is 2.67. The van der Waals surface area contributed by atoms with Crippen LogP contribution >= 0.6 is 11.8 Å². The number of nitrogens with zero attached hydrogens (tertiary/aromatic N) is 4. The van der Waals surface area contributed by atoms with Crippen molar-refractivity contribution in [3.63, 3.8) is 0 Å². The Bertz CT molecular complexity index is 798. The minimum atomic E-state index is -0.448. The number of fused-ring (bicyclic) bond motifs is 1. The smallest absolute Gasteiger partial charge is 0.316 e. The van der Waals surface area contributed by atoms with Crippen molar-refractivity contribution in [3.8, 4) is 0 Å². The molecule has 0 unspecified atom stereocenters. The van der Waals surface area contributed by atoms with E-state index in [0.29, 0.717) is 17.0 Å². The van der Waals surface area contributed by atoms with E-state index in [1.807, 2.05) is 0 Å². The zero-order valence-electron chi connectivity index (χ0n) is 13.1. The fourth-order valence-corrected chi connectivity index (χ4v) is 3.11. The molecule has 0 radical (unpaired) electrons. The van der Waals surface area contributed by atoms with Gasteiger partial charge in [-0.15, -0.1) is 10.2 Å². The summed E-state index contributed by atoms with van der Waals surface area (Å²) in [7, 11) is 0. The van der Waals surface area contributed by atoms with Crippen molar-refractivity contribution < 1.29 is 19.1 Å². The summed E-state index contributed by atoms with van der Waals surface area (Å²) in [5.74, 6) is -0.921. The molecule has 0 saturated carbocycles. The van der Waals surface area contributed by atoms with Gasteiger partial charge in [0, 0.05) is 0 Å². The highest BCUT2D eigenvalue weighted by atomic mass is 32.2. The molecule has 0 atom stereocenters. The third-order valence-corrected chi connectivity index (χ3v) is 4.26. The number of imide groups is 1. The van der Waals surface area contributed by atoms with Gasteiger partial charge in [-0.1, -0.05) is 23.9 Å². The Morgan fingerprint density at radius 1 is 1.17 bits per heavy atom. The average molecular weight is 346 g/mol. The SMILES string of the molecule is CCOC(=O)CSc1nnc(C)n1N1C(=O)c2ccccc2C1=O. The fraction of sp³-hybridized carbons (Fsp3) is 0.267. The molecule has 24 heavy (non-hydrogen) atoms. The molecule has 1 aliphatic rings. The fourth-order valence-electron chi connectivity index (χ4n) is 2.34. The summed E-state index contributed by atoms with van der Waals surface area (Å²) in [6.07, 6.45) is 0. The number of carbonyl (C=O) groups is 3. The maximum Gasteiger partial charge on any atom is 0.316 e. The number of hydrogen-bond donors (Lipinski definition) is 0. The molecule has 2 heterocycles. The molecule has 1 aromatic carbocycles. The van der Waals surface area contributed by atoms with Crippen LogP contribution in [0.5, 0.6) is 0 Å². The first kappa shape index (κ1) is 16.2. The number of ether oxygens (including phenoxy) is 1. The molecule has 0 fully saturated rings. The molecular formula is C15H14N4O4S. The van der Waals surface area contributed by atoms with E-state index in [4.69, 9.17) is 4.74 Å². The van der Waals surface area contributed by atoms with Crippen molar-refractivity contribution >= 4 is 29.5 Å². The van der Waals surface area contributed by atoms with E-state index >= 15 is 0 Å². The van der Waals surface area contributed by atoms with Crippen molar-refractivity contribution in [2.24, 2.45) is 0 Å². The predicted octanol–water partition coefficient (Wildman–Crippen LogP) is 1.17. The lowest BCUT2D eigenvalue weighted by molar-refractivity contribution is -0.139. The summed E-state index contributed by atoms with van der Waals surface area (Å²) in [6, 6.07) is 6.59. The lowest BCUT2D eigenvalue weighted by Crippen LogP contribution is -2.41. The first-order chi connectivity index (χ1) is 11.5. The number of aromatic nitrogens is 3. The van der Waals surface area contributed by atoms with E-state index in [0.717, 1.165) is 16.8 Å². The topological polar surface area (TPSA) is 94.4 Å². The summed E-state index contributed by atoms with van der Waals surface area (Å²) in [4.78, 5) is 36.7. The van der Waals surface area contributed by atoms with E-state index in [1.165, 1.54) is 4.68 Å². The molecule has 0 spiro atoms. The van der Waals surface area contributed by atoms with Crippen molar-refractivity contribution in [1.82, 2.24) is 14.9 Å². The number of amides is 2. The minimum absolute atomic E-state index is 0.00907. The van der Waals surface area contributed by atoms with E-state index in [9.17, 15) is 14.4 Å². The van der Waals surface area contributed by atoms with Gasteiger partial charge in [0.05, 0.1) is 23.5 Å². The Labute approximate surface area is 141 Å². The van der Waals surface area contributed by atoms with E-state index < -0.39 is 17.8 Å². The standard InChI is InChI=1S/C15H14N4O4S/c1-3-23-12(20)8-24-15-17-16-9(2)18(15)19-13(21)10-6-4-5-7-11(10)14(19)22/h4-7H,3,8H2,1-2H3. The van der Waals surface area contributed by atoms with Crippen LogP contribution in [-0.2, 0) is 9.53 Å². The summed E-state index contributed by atoms with van der Waals surface area (Å²) in [5.41, 5.74) is 0.661. The largest absolute Gasteiger partial charge is 0.465 e. The number of rotatable bonds is 5. The number of aryl methyl sites for hydroxylation is 1. The number of hydrogen-bond acceptors (Lipinski definition) is 7. The van der Waals surface area contributed by atoms with E-state index in [2.05, 4.69) is 10.2 Å². The van der Waals surface area contributed by atoms with Crippen LogP contribution in [0.25, 0.3) is 0 Å². The van der Waals surface area contributed by atoms with Gasteiger partial charge in [-0.2, -0.15) is 5.01 Å². The lowest BCUT2D eigenvalue weighted by Gasteiger charge is -2.17. The number of benzene rings is 1. The van der Waals surface area contributed by atoms with Gasteiger partial charge in [0.25, 0.3) is 11.8 Å². The van der Waals surface area contributed by atoms with Crippen LogP contribution in [0, 0.1) is 6.92 Å². The number of thioether (sulfide) groups is 1. The van der Waals surface area contributed by atoms with E-state index in [-0.39, 0.29) is 17.5 Å². The highest BCUT2D eigenvalue weighted by molar-refractivity contribution is 7.99. The Morgan fingerprint density at radius 2 is 1.79 bits per heavy atom. The van der Waals surface area contributed by atoms with Gasteiger partial charge >= 0.3 is 5.97 Å². The van der Waals surface area contributed by atoms with Gasteiger partial charge in [0.1, 0.15) is 0 Å². The van der Waals surface area contributed by atoms with Crippen LogP contribution in [0.2, 0.25) is 0 Å². The zero-order chi connectivity index (χ0) is 17.3. The van der Waals surface area contributed by atoms with Crippen LogP contribution in [-0.4, -0.2) is 45.0 Å². The van der Waals surface area contributed by atoms with Gasteiger partial charge in [-0.05, 0) is 26.0 Å². The summed E-state index contributed by atoms with van der Waals surface area (Å²) >= 11 is 1.05. The first-order valence-corrected chi connectivity index (χ1v) is 8.21. The second-order valence-corrected chi connectivity index (χ2v) is 5.85.